The summed E-state index contributed by atoms with van der Waals surface area (Å²) < 4.78 is 33.0. The molecule has 1 atom stereocenters. The van der Waals surface area contributed by atoms with Gasteiger partial charge in [0.2, 0.25) is 0 Å². The van der Waals surface area contributed by atoms with E-state index in [-0.39, 0.29) is 17.0 Å². The van der Waals surface area contributed by atoms with Crippen molar-refractivity contribution in [3.63, 3.8) is 0 Å². The summed E-state index contributed by atoms with van der Waals surface area (Å²) in [5, 5.41) is 12.9. The van der Waals surface area contributed by atoms with Crippen molar-refractivity contribution in [3.8, 4) is 0 Å². The fraction of sp³-hybridized carbons (Fsp3) is 0.458. The highest BCUT2D eigenvalue weighted by atomic mass is 19.3. The van der Waals surface area contributed by atoms with E-state index in [2.05, 4.69) is 31.5 Å². The number of hydrogen-bond acceptors (Lipinski definition) is 6. The first kappa shape index (κ1) is 21.0. The predicted molar refractivity (Wildman–Crippen MR) is 120 cm³/mol. The van der Waals surface area contributed by atoms with Gasteiger partial charge in [0, 0.05) is 36.4 Å². The highest BCUT2D eigenvalue weighted by molar-refractivity contribution is 5.92. The van der Waals surface area contributed by atoms with Gasteiger partial charge in [0.25, 0.3) is 5.92 Å². The Morgan fingerprint density at radius 3 is 2.72 bits per heavy atom. The molecule has 0 aliphatic carbocycles. The van der Waals surface area contributed by atoms with E-state index in [1.165, 1.54) is 12.1 Å². The largest absolute Gasteiger partial charge is 0.380 e. The van der Waals surface area contributed by atoms with Crippen molar-refractivity contribution in [1.82, 2.24) is 15.2 Å². The van der Waals surface area contributed by atoms with Gasteiger partial charge < -0.3 is 15.0 Å². The molecular weight excluding hydrogens is 412 g/mol. The monoisotopic (exact) mass is 439 g/mol. The van der Waals surface area contributed by atoms with E-state index in [1.54, 1.807) is 6.07 Å². The van der Waals surface area contributed by atoms with Crippen LogP contribution in [0.2, 0.25) is 0 Å². The van der Waals surface area contributed by atoms with E-state index in [0.717, 1.165) is 67.5 Å². The minimum absolute atomic E-state index is 0.00427. The SMILES string of the molecule is Cc1nnc(N[C@H](C)c2cccc(C(C)(F)F)c2)c2cc(N3CCC4(COC4)C3)cnc12. The summed E-state index contributed by atoms with van der Waals surface area (Å²) in [6, 6.07) is 8.35. The normalized spacial score (nSPS) is 18.7. The Labute approximate surface area is 186 Å². The lowest BCUT2D eigenvalue weighted by molar-refractivity contribution is -0.0985. The number of aryl methyl sites for hydroxylation is 1. The lowest BCUT2D eigenvalue weighted by Crippen LogP contribution is -2.44. The highest BCUT2D eigenvalue weighted by Crippen LogP contribution is 2.40. The maximum absolute atomic E-state index is 13.8. The van der Waals surface area contributed by atoms with E-state index >= 15 is 0 Å². The van der Waals surface area contributed by atoms with Gasteiger partial charge in [0.05, 0.1) is 42.4 Å². The first-order chi connectivity index (χ1) is 15.2. The molecular formula is C24H27F2N5O. The molecule has 168 valence electrons. The number of aromatic nitrogens is 3. The van der Waals surface area contributed by atoms with E-state index in [9.17, 15) is 8.78 Å². The molecule has 1 spiro atoms. The number of nitrogens with zero attached hydrogens (tertiary/aromatic N) is 4. The molecule has 0 amide bonds. The Morgan fingerprint density at radius 1 is 1.22 bits per heavy atom. The van der Waals surface area contributed by atoms with E-state index in [1.807, 2.05) is 26.1 Å². The minimum atomic E-state index is -2.89. The first-order valence-electron chi connectivity index (χ1n) is 10.9. The fourth-order valence-corrected chi connectivity index (χ4v) is 4.58. The summed E-state index contributed by atoms with van der Waals surface area (Å²) >= 11 is 0. The minimum Gasteiger partial charge on any atom is -0.380 e. The van der Waals surface area contributed by atoms with Crippen molar-refractivity contribution < 1.29 is 13.5 Å². The molecule has 2 aliphatic heterocycles. The lowest BCUT2D eigenvalue weighted by atomic mass is 9.85. The van der Waals surface area contributed by atoms with Gasteiger partial charge in [-0.05, 0) is 38.0 Å². The maximum Gasteiger partial charge on any atom is 0.270 e. The van der Waals surface area contributed by atoms with Crippen molar-refractivity contribution in [2.75, 3.05) is 36.5 Å². The second-order valence-corrected chi connectivity index (χ2v) is 9.27. The van der Waals surface area contributed by atoms with Crippen LogP contribution in [0.15, 0.2) is 36.5 Å². The number of hydrogen-bond donors (Lipinski definition) is 1. The van der Waals surface area contributed by atoms with Crippen LogP contribution in [0.1, 0.15) is 43.1 Å². The molecule has 0 bridgehead atoms. The Hall–Kier alpha value is -2.87. The predicted octanol–water partition coefficient (Wildman–Crippen LogP) is 4.84. The van der Waals surface area contributed by atoms with E-state index in [4.69, 9.17) is 4.74 Å². The Balaban J connectivity index is 1.45. The highest BCUT2D eigenvalue weighted by Gasteiger charge is 2.44. The van der Waals surface area contributed by atoms with Crippen LogP contribution in [0.4, 0.5) is 20.3 Å². The van der Waals surface area contributed by atoms with Crippen LogP contribution in [-0.2, 0) is 10.7 Å². The summed E-state index contributed by atoms with van der Waals surface area (Å²) in [5.74, 6) is -2.29. The Kier molecular flexibility index (Phi) is 5.00. The quantitative estimate of drug-likeness (QED) is 0.614. The molecule has 1 aromatic carbocycles. The lowest BCUT2D eigenvalue weighted by Gasteiger charge is -2.37. The topological polar surface area (TPSA) is 63.2 Å². The first-order valence-corrected chi connectivity index (χ1v) is 10.9. The number of benzene rings is 1. The number of halogens is 2. The Bertz CT molecular complexity index is 1160. The van der Waals surface area contributed by atoms with Gasteiger partial charge in [-0.25, -0.2) is 8.78 Å². The van der Waals surface area contributed by atoms with Gasteiger partial charge in [-0.2, -0.15) is 5.10 Å². The van der Waals surface area contributed by atoms with Gasteiger partial charge in [0.1, 0.15) is 0 Å². The average molecular weight is 440 g/mol. The van der Waals surface area contributed by atoms with E-state index in [0.29, 0.717) is 5.82 Å². The van der Waals surface area contributed by atoms with Crippen LogP contribution in [0, 0.1) is 12.3 Å². The maximum atomic E-state index is 13.8. The second kappa shape index (κ2) is 7.62. The molecule has 3 aromatic rings. The molecule has 0 radical (unpaired) electrons. The van der Waals surface area contributed by atoms with Gasteiger partial charge in [-0.3, -0.25) is 4.98 Å². The van der Waals surface area contributed by atoms with E-state index < -0.39 is 5.92 Å². The van der Waals surface area contributed by atoms with Crippen molar-refractivity contribution in [2.45, 2.75) is 39.2 Å². The number of anilines is 2. The van der Waals surface area contributed by atoms with Crippen LogP contribution in [-0.4, -0.2) is 41.5 Å². The van der Waals surface area contributed by atoms with Gasteiger partial charge in [0.15, 0.2) is 5.82 Å². The van der Waals surface area contributed by atoms with Crippen LogP contribution in [0.5, 0.6) is 0 Å². The molecule has 1 N–H and O–H groups in total. The molecule has 2 fully saturated rings. The smallest absolute Gasteiger partial charge is 0.270 e. The van der Waals surface area contributed by atoms with Crippen LogP contribution >= 0.6 is 0 Å². The second-order valence-electron chi connectivity index (χ2n) is 9.27. The molecule has 0 unspecified atom stereocenters. The third kappa shape index (κ3) is 3.77. The summed E-state index contributed by atoms with van der Waals surface area (Å²) in [5.41, 5.74) is 3.63. The molecule has 2 saturated heterocycles. The number of rotatable bonds is 5. The van der Waals surface area contributed by atoms with Crippen LogP contribution in [0.3, 0.4) is 0 Å². The van der Waals surface area contributed by atoms with Gasteiger partial charge >= 0.3 is 0 Å². The molecule has 5 rings (SSSR count). The summed E-state index contributed by atoms with van der Waals surface area (Å²) in [6.07, 6.45) is 3.02. The Morgan fingerprint density at radius 2 is 2.03 bits per heavy atom. The van der Waals surface area contributed by atoms with Crippen LogP contribution in [0.25, 0.3) is 10.9 Å². The summed E-state index contributed by atoms with van der Waals surface area (Å²) in [4.78, 5) is 7.04. The zero-order chi connectivity index (χ0) is 22.5. The zero-order valence-corrected chi connectivity index (χ0v) is 18.5. The molecule has 8 heteroatoms. The summed E-state index contributed by atoms with van der Waals surface area (Å²) in [7, 11) is 0. The standard InChI is InChI=1S/C24H27F2N5O/c1-15(17-5-4-6-18(9-17)23(3,25)26)28-22-20-10-19(11-27-21(20)16(2)29-30-22)31-8-7-24(12-31)13-32-14-24/h4-6,9-11,15H,7-8,12-14H2,1-3H3,(H,28,30)/t15-/m1/s1. The molecule has 4 heterocycles. The van der Waals surface area contributed by atoms with Gasteiger partial charge in [-0.15, -0.1) is 5.10 Å². The third-order valence-corrected chi connectivity index (χ3v) is 6.64. The molecule has 0 saturated carbocycles. The van der Waals surface area contributed by atoms with Gasteiger partial charge in [-0.1, -0.05) is 18.2 Å². The van der Waals surface area contributed by atoms with Crippen molar-refractivity contribution >= 4 is 22.4 Å². The molecule has 2 aromatic heterocycles. The van der Waals surface area contributed by atoms with Crippen molar-refractivity contribution in [2.24, 2.45) is 5.41 Å². The number of fused-ring (bicyclic) bond motifs is 1. The average Bonchev–Trinajstić information content (AvgIpc) is 3.21. The zero-order valence-electron chi connectivity index (χ0n) is 18.5. The van der Waals surface area contributed by atoms with Crippen molar-refractivity contribution in [3.05, 3.63) is 53.3 Å². The third-order valence-electron chi connectivity index (χ3n) is 6.64. The molecule has 32 heavy (non-hydrogen) atoms. The fourth-order valence-electron chi connectivity index (χ4n) is 4.58. The number of nitrogens with one attached hydrogen (secondary N) is 1. The van der Waals surface area contributed by atoms with Crippen LogP contribution < -0.4 is 10.2 Å². The number of alkyl halides is 2. The van der Waals surface area contributed by atoms with Crippen molar-refractivity contribution in [1.29, 1.82) is 0 Å². The molecule has 2 aliphatic rings. The molecule has 6 nitrogen and oxygen atoms in total. The summed E-state index contributed by atoms with van der Waals surface area (Å²) in [6.45, 7) is 8.33. The number of ether oxygens (including phenoxy) is 1. The number of pyridine rings is 1.